The van der Waals surface area contributed by atoms with E-state index in [0.717, 1.165) is 19.3 Å². The van der Waals surface area contributed by atoms with Crippen molar-refractivity contribution in [1.82, 2.24) is 5.32 Å². The standard InChI is InChI=1S/C13H24N2O2/c1-13(2,3)17-12(16)15-11-9-7-5-4-6-8-10(11)14/h7,9-11H,4-6,8,14H2,1-3H3,(H,15,16)/b9-7+/t10-,11-/m1/s1. The van der Waals surface area contributed by atoms with Gasteiger partial charge in [-0.25, -0.2) is 4.79 Å². The van der Waals surface area contributed by atoms with E-state index in [2.05, 4.69) is 11.4 Å². The average Bonchev–Trinajstić information content (AvgIpc) is 2.15. The van der Waals surface area contributed by atoms with Crippen molar-refractivity contribution in [2.24, 2.45) is 5.73 Å². The Hall–Kier alpha value is -1.03. The van der Waals surface area contributed by atoms with E-state index in [0.29, 0.717) is 0 Å². The van der Waals surface area contributed by atoms with Crippen LogP contribution in [0, 0.1) is 0 Å². The Morgan fingerprint density at radius 1 is 1.41 bits per heavy atom. The summed E-state index contributed by atoms with van der Waals surface area (Å²) in [5.41, 5.74) is 5.57. The van der Waals surface area contributed by atoms with Crippen LogP contribution in [-0.4, -0.2) is 23.8 Å². The van der Waals surface area contributed by atoms with Crippen LogP contribution >= 0.6 is 0 Å². The van der Waals surface area contributed by atoms with E-state index in [4.69, 9.17) is 10.5 Å². The Labute approximate surface area is 104 Å². The Morgan fingerprint density at radius 3 is 2.76 bits per heavy atom. The van der Waals surface area contributed by atoms with Crippen molar-refractivity contribution in [3.63, 3.8) is 0 Å². The zero-order chi connectivity index (χ0) is 12.9. The molecule has 0 saturated carbocycles. The lowest BCUT2D eigenvalue weighted by molar-refractivity contribution is 0.0507. The van der Waals surface area contributed by atoms with E-state index >= 15 is 0 Å². The van der Waals surface area contributed by atoms with Crippen LogP contribution in [0.15, 0.2) is 12.2 Å². The smallest absolute Gasteiger partial charge is 0.408 e. The highest BCUT2D eigenvalue weighted by Gasteiger charge is 2.22. The number of amides is 1. The highest BCUT2D eigenvalue weighted by molar-refractivity contribution is 5.68. The third-order valence-electron chi connectivity index (χ3n) is 2.65. The van der Waals surface area contributed by atoms with Gasteiger partial charge >= 0.3 is 6.09 Å². The zero-order valence-electron chi connectivity index (χ0n) is 11.0. The molecule has 0 unspecified atom stereocenters. The topological polar surface area (TPSA) is 64.3 Å². The molecule has 4 nitrogen and oxygen atoms in total. The molecule has 0 spiro atoms. The van der Waals surface area contributed by atoms with Gasteiger partial charge in [-0.15, -0.1) is 0 Å². The van der Waals surface area contributed by atoms with Crippen LogP contribution in [0.3, 0.4) is 0 Å². The van der Waals surface area contributed by atoms with E-state index in [1.54, 1.807) is 0 Å². The van der Waals surface area contributed by atoms with Gasteiger partial charge in [0.05, 0.1) is 6.04 Å². The van der Waals surface area contributed by atoms with Crippen LogP contribution < -0.4 is 11.1 Å². The number of nitrogens with one attached hydrogen (secondary N) is 1. The molecule has 1 amide bonds. The van der Waals surface area contributed by atoms with Gasteiger partial charge in [0, 0.05) is 6.04 Å². The summed E-state index contributed by atoms with van der Waals surface area (Å²) in [5.74, 6) is 0. The second-order valence-corrected chi connectivity index (χ2v) is 5.55. The zero-order valence-corrected chi connectivity index (χ0v) is 11.0. The van der Waals surface area contributed by atoms with Crippen LogP contribution in [0.1, 0.15) is 46.5 Å². The summed E-state index contributed by atoms with van der Waals surface area (Å²) in [6.45, 7) is 5.54. The molecule has 0 radical (unpaired) electrons. The molecule has 4 heteroatoms. The number of alkyl carbamates (subject to hydrolysis) is 1. The van der Waals surface area contributed by atoms with Crippen LogP contribution in [0.5, 0.6) is 0 Å². The first-order valence-electron chi connectivity index (χ1n) is 6.30. The fourth-order valence-corrected chi connectivity index (χ4v) is 1.81. The van der Waals surface area contributed by atoms with Gasteiger partial charge in [-0.2, -0.15) is 0 Å². The summed E-state index contributed by atoms with van der Waals surface area (Å²) in [7, 11) is 0. The van der Waals surface area contributed by atoms with Crippen LogP contribution in [0.2, 0.25) is 0 Å². The molecule has 0 aromatic rings. The molecule has 0 aromatic carbocycles. The van der Waals surface area contributed by atoms with Crippen molar-refractivity contribution in [2.45, 2.75) is 64.1 Å². The molecule has 1 rings (SSSR count). The number of nitrogens with two attached hydrogens (primary N) is 1. The first-order chi connectivity index (χ1) is 7.88. The fourth-order valence-electron chi connectivity index (χ4n) is 1.81. The SMILES string of the molecule is CC(C)(C)OC(=O)N[C@@H]1/C=C/CCCC[C@H]1N. The van der Waals surface area contributed by atoms with E-state index in [1.807, 2.05) is 26.8 Å². The van der Waals surface area contributed by atoms with Crippen molar-refractivity contribution < 1.29 is 9.53 Å². The largest absolute Gasteiger partial charge is 0.444 e. The van der Waals surface area contributed by atoms with Gasteiger partial charge in [0.2, 0.25) is 0 Å². The molecule has 0 saturated heterocycles. The molecule has 98 valence electrons. The maximum Gasteiger partial charge on any atom is 0.408 e. The number of allylic oxidation sites excluding steroid dienone is 1. The summed E-state index contributed by atoms with van der Waals surface area (Å²) in [6, 6.07) is -0.149. The Bertz CT molecular complexity index is 282. The lowest BCUT2D eigenvalue weighted by atomic mass is 9.98. The number of carbonyl (C=O) groups is 1. The van der Waals surface area contributed by atoms with E-state index < -0.39 is 11.7 Å². The van der Waals surface area contributed by atoms with Gasteiger partial charge in [-0.05, 0) is 40.0 Å². The lowest BCUT2D eigenvalue weighted by Crippen LogP contribution is -2.48. The minimum atomic E-state index is -0.473. The summed E-state index contributed by atoms with van der Waals surface area (Å²) in [4.78, 5) is 11.6. The van der Waals surface area contributed by atoms with E-state index in [1.165, 1.54) is 6.42 Å². The molecule has 3 N–H and O–H groups in total. The normalized spacial score (nSPS) is 27.8. The summed E-state index contributed by atoms with van der Waals surface area (Å²) in [6.07, 6.45) is 7.93. The van der Waals surface area contributed by atoms with Crippen molar-refractivity contribution in [3.8, 4) is 0 Å². The minimum absolute atomic E-state index is 0.0286. The summed E-state index contributed by atoms with van der Waals surface area (Å²) in [5, 5.41) is 2.82. The third kappa shape index (κ3) is 5.73. The molecule has 1 aliphatic carbocycles. The number of ether oxygens (including phenoxy) is 1. The van der Waals surface area contributed by atoms with E-state index in [-0.39, 0.29) is 12.1 Å². The maximum absolute atomic E-state index is 11.6. The molecule has 0 aliphatic heterocycles. The maximum atomic E-state index is 11.6. The molecule has 1 aliphatic rings. The number of hydrogen-bond donors (Lipinski definition) is 2. The summed E-state index contributed by atoms with van der Waals surface area (Å²) < 4.78 is 5.22. The second kappa shape index (κ2) is 6.05. The fraction of sp³-hybridized carbons (Fsp3) is 0.769. The first-order valence-corrected chi connectivity index (χ1v) is 6.30. The Kier molecular flexibility index (Phi) is 5.00. The first kappa shape index (κ1) is 14.0. The molecule has 2 atom stereocenters. The minimum Gasteiger partial charge on any atom is -0.444 e. The molecule has 17 heavy (non-hydrogen) atoms. The lowest BCUT2D eigenvalue weighted by Gasteiger charge is -2.26. The second-order valence-electron chi connectivity index (χ2n) is 5.55. The molecule has 0 fully saturated rings. The average molecular weight is 240 g/mol. The Morgan fingerprint density at radius 2 is 2.12 bits per heavy atom. The highest BCUT2D eigenvalue weighted by atomic mass is 16.6. The number of carbonyl (C=O) groups excluding carboxylic acids is 1. The van der Waals surface area contributed by atoms with Crippen LogP contribution in [-0.2, 0) is 4.74 Å². The van der Waals surface area contributed by atoms with Gasteiger partial charge in [0.1, 0.15) is 5.60 Å². The Balaban J connectivity index is 2.52. The van der Waals surface area contributed by atoms with Gasteiger partial charge in [0.25, 0.3) is 0 Å². The molecule has 0 heterocycles. The van der Waals surface area contributed by atoms with Crippen molar-refractivity contribution in [1.29, 1.82) is 0 Å². The van der Waals surface area contributed by atoms with Crippen molar-refractivity contribution in [3.05, 3.63) is 12.2 Å². The number of rotatable bonds is 1. The van der Waals surface area contributed by atoms with Crippen LogP contribution in [0.4, 0.5) is 4.79 Å². The van der Waals surface area contributed by atoms with Crippen molar-refractivity contribution in [2.75, 3.05) is 0 Å². The molecular weight excluding hydrogens is 216 g/mol. The van der Waals surface area contributed by atoms with Crippen molar-refractivity contribution >= 4 is 6.09 Å². The molecular formula is C13H24N2O2. The predicted molar refractivity (Wildman–Crippen MR) is 68.7 cm³/mol. The van der Waals surface area contributed by atoms with Gasteiger partial charge < -0.3 is 15.8 Å². The van der Waals surface area contributed by atoms with Gasteiger partial charge in [-0.3, -0.25) is 0 Å². The van der Waals surface area contributed by atoms with Gasteiger partial charge in [-0.1, -0.05) is 18.6 Å². The molecule has 0 bridgehead atoms. The third-order valence-corrected chi connectivity index (χ3v) is 2.65. The summed E-state index contributed by atoms with van der Waals surface area (Å²) >= 11 is 0. The van der Waals surface area contributed by atoms with Crippen LogP contribution in [0.25, 0.3) is 0 Å². The monoisotopic (exact) mass is 240 g/mol. The number of hydrogen-bond acceptors (Lipinski definition) is 3. The molecule has 0 aromatic heterocycles. The highest BCUT2D eigenvalue weighted by Crippen LogP contribution is 2.12. The predicted octanol–water partition coefficient (Wildman–Crippen LogP) is 2.34. The quantitative estimate of drug-likeness (QED) is 0.691. The van der Waals surface area contributed by atoms with E-state index in [9.17, 15) is 4.79 Å². The van der Waals surface area contributed by atoms with Gasteiger partial charge in [0.15, 0.2) is 0 Å².